The summed E-state index contributed by atoms with van der Waals surface area (Å²) < 4.78 is 39.5. The summed E-state index contributed by atoms with van der Waals surface area (Å²) in [5.41, 5.74) is 0.707. The first kappa shape index (κ1) is 19.4. The van der Waals surface area contributed by atoms with E-state index in [0.717, 1.165) is 37.8 Å². The number of nitrogens with one attached hydrogen (secondary N) is 1. The Hall–Kier alpha value is -2.96. The van der Waals surface area contributed by atoms with Crippen LogP contribution in [0.1, 0.15) is 37.7 Å². The molecule has 1 aliphatic rings. The van der Waals surface area contributed by atoms with Crippen molar-refractivity contribution in [3.63, 3.8) is 0 Å². The van der Waals surface area contributed by atoms with E-state index in [2.05, 4.69) is 20.3 Å². The first-order chi connectivity index (χ1) is 14.0. The van der Waals surface area contributed by atoms with Crippen LogP contribution in [-0.2, 0) is 6.18 Å². The zero-order valence-electron chi connectivity index (χ0n) is 15.8. The molecule has 1 aliphatic carbocycles. The van der Waals surface area contributed by atoms with E-state index in [4.69, 9.17) is 0 Å². The Bertz CT molecular complexity index is 967. The van der Waals surface area contributed by atoms with Gasteiger partial charge in [0, 0.05) is 23.9 Å². The van der Waals surface area contributed by atoms with Gasteiger partial charge in [-0.15, -0.1) is 0 Å². The van der Waals surface area contributed by atoms with E-state index >= 15 is 0 Å². The van der Waals surface area contributed by atoms with Crippen molar-refractivity contribution in [3.05, 3.63) is 60.3 Å². The van der Waals surface area contributed by atoms with Gasteiger partial charge in [0.05, 0.1) is 11.3 Å². The summed E-state index contributed by atoms with van der Waals surface area (Å²) in [5.74, 6) is 0.999. The van der Waals surface area contributed by atoms with Crippen molar-refractivity contribution in [2.45, 2.75) is 44.3 Å². The van der Waals surface area contributed by atoms with Crippen molar-refractivity contribution >= 4 is 5.82 Å². The third kappa shape index (κ3) is 4.72. The van der Waals surface area contributed by atoms with Crippen LogP contribution in [0.4, 0.5) is 19.0 Å². The van der Waals surface area contributed by atoms with Crippen LogP contribution in [0.5, 0.6) is 0 Å². The molecule has 3 aromatic rings. The van der Waals surface area contributed by atoms with Crippen LogP contribution in [0.2, 0.25) is 0 Å². The lowest BCUT2D eigenvalue weighted by Crippen LogP contribution is -2.23. The number of alkyl halides is 3. The first-order valence-electron chi connectivity index (χ1n) is 9.74. The second kappa shape index (κ2) is 8.19. The fraction of sp³-hybridized carbons (Fsp3) is 0.318. The Morgan fingerprint density at radius 1 is 0.862 bits per heavy atom. The zero-order valence-corrected chi connectivity index (χ0v) is 15.8. The van der Waals surface area contributed by atoms with Crippen LogP contribution in [0.3, 0.4) is 0 Å². The van der Waals surface area contributed by atoms with Crippen molar-refractivity contribution in [3.8, 4) is 22.8 Å². The Labute approximate surface area is 167 Å². The van der Waals surface area contributed by atoms with E-state index in [0.29, 0.717) is 34.6 Å². The second-order valence-corrected chi connectivity index (χ2v) is 7.23. The molecule has 0 atom stereocenters. The van der Waals surface area contributed by atoms with Crippen LogP contribution < -0.4 is 5.32 Å². The smallest absolute Gasteiger partial charge is 0.367 e. The molecule has 1 N–H and O–H groups in total. The number of halogens is 3. The summed E-state index contributed by atoms with van der Waals surface area (Å²) in [5, 5.41) is 3.44. The highest BCUT2D eigenvalue weighted by atomic mass is 19.4. The average Bonchev–Trinajstić information content (AvgIpc) is 2.74. The highest BCUT2D eigenvalue weighted by Crippen LogP contribution is 2.33. The highest BCUT2D eigenvalue weighted by molar-refractivity contribution is 5.67. The molecule has 2 heterocycles. The lowest BCUT2D eigenvalue weighted by atomic mass is 9.95. The minimum atomic E-state index is -4.41. The normalized spacial score (nSPS) is 15.3. The van der Waals surface area contributed by atoms with Crippen molar-refractivity contribution in [2.75, 3.05) is 5.32 Å². The summed E-state index contributed by atoms with van der Waals surface area (Å²) in [6.45, 7) is 0. The lowest BCUT2D eigenvalue weighted by molar-refractivity contribution is -0.137. The molecule has 29 heavy (non-hydrogen) atoms. The van der Waals surface area contributed by atoms with E-state index < -0.39 is 11.7 Å². The predicted molar refractivity (Wildman–Crippen MR) is 106 cm³/mol. The van der Waals surface area contributed by atoms with E-state index in [1.165, 1.54) is 12.5 Å². The molecule has 0 saturated heterocycles. The molecule has 1 aromatic carbocycles. The van der Waals surface area contributed by atoms with Crippen molar-refractivity contribution < 1.29 is 13.2 Å². The molecule has 0 unspecified atom stereocenters. The van der Waals surface area contributed by atoms with Crippen LogP contribution in [-0.4, -0.2) is 21.0 Å². The number of hydrogen-bond donors (Lipinski definition) is 1. The number of hydrogen-bond acceptors (Lipinski definition) is 4. The number of anilines is 1. The van der Waals surface area contributed by atoms with E-state index in [1.807, 2.05) is 6.07 Å². The highest BCUT2D eigenvalue weighted by Gasteiger charge is 2.30. The van der Waals surface area contributed by atoms with Gasteiger partial charge in [-0.05, 0) is 37.1 Å². The standard InChI is InChI=1S/C22H21F3N4/c23-22(24,25)16-8-6-7-15(13-16)19-14-20(27-17-9-2-1-3-10-17)29-21(28-19)18-11-4-5-12-26-18/h4-8,11-14,17H,1-3,9-10H2,(H,27,28,29). The van der Waals surface area contributed by atoms with E-state index in [-0.39, 0.29) is 0 Å². The van der Waals surface area contributed by atoms with Gasteiger partial charge < -0.3 is 5.32 Å². The molecular weight excluding hydrogens is 377 g/mol. The molecule has 2 aromatic heterocycles. The maximum absolute atomic E-state index is 13.2. The van der Waals surface area contributed by atoms with Gasteiger partial charge in [0.2, 0.25) is 0 Å². The summed E-state index contributed by atoms with van der Waals surface area (Å²) in [6, 6.07) is 12.6. The number of aromatic nitrogens is 3. The average molecular weight is 398 g/mol. The van der Waals surface area contributed by atoms with Gasteiger partial charge in [0.1, 0.15) is 11.5 Å². The molecule has 4 rings (SSSR count). The number of nitrogens with zero attached hydrogens (tertiary/aromatic N) is 3. The van der Waals surface area contributed by atoms with Gasteiger partial charge in [-0.25, -0.2) is 9.97 Å². The molecule has 0 spiro atoms. The minimum Gasteiger partial charge on any atom is -0.367 e. The number of benzene rings is 1. The topological polar surface area (TPSA) is 50.7 Å². The van der Waals surface area contributed by atoms with Crippen molar-refractivity contribution in [1.82, 2.24) is 15.0 Å². The molecule has 0 radical (unpaired) electrons. The van der Waals surface area contributed by atoms with Crippen LogP contribution in [0.15, 0.2) is 54.7 Å². The van der Waals surface area contributed by atoms with Gasteiger partial charge in [0.25, 0.3) is 0 Å². The monoisotopic (exact) mass is 398 g/mol. The molecule has 7 heteroatoms. The summed E-state index contributed by atoms with van der Waals surface area (Å²) in [7, 11) is 0. The van der Waals surface area contributed by atoms with Gasteiger partial charge in [-0.2, -0.15) is 13.2 Å². The number of rotatable bonds is 4. The first-order valence-corrected chi connectivity index (χ1v) is 9.74. The van der Waals surface area contributed by atoms with E-state index in [1.54, 1.807) is 30.5 Å². The summed E-state index contributed by atoms with van der Waals surface area (Å²) in [6.07, 6.45) is 2.91. The van der Waals surface area contributed by atoms with Crippen LogP contribution in [0.25, 0.3) is 22.8 Å². The minimum absolute atomic E-state index is 0.310. The predicted octanol–water partition coefficient (Wildman–Crippen LogP) is 5.97. The third-order valence-electron chi connectivity index (χ3n) is 5.06. The van der Waals surface area contributed by atoms with E-state index in [9.17, 15) is 13.2 Å². The summed E-state index contributed by atoms with van der Waals surface area (Å²) in [4.78, 5) is 13.4. The molecule has 1 saturated carbocycles. The molecule has 0 amide bonds. The van der Waals surface area contributed by atoms with Crippen LogP contribution >= 0.6 is 0 Å². The molecule has 0 bridgehead atoms. The Balaban J connectivity index is 1.75. The maximum atomic E-state index is 13.2. The second-order valence-electron chi connectivity index (χ2n) is 7.23. The largest absolute Gasteiger partial charge is 0.416 e. The van der Waals surface area contributed by atoms with Crippen molar-refractivity contribution in [2.24, 2.45) is 0 Å². The van der Waals surface area contributed by atoms with Gasteiger partial charge in [-0.1, -0.05) is 37.5 Å². The fourth-order valence-corrected chi connectivity index (χ4v) is 3.59. The summed E-state index contributed by atoms with van der Waals surface area (Å²) >= 11 is 0. The molecule has 1 fully saturated rings. The molecule has 4 nitrogen and oxygen atoms in total. The molecule has 0 aliphatic heterocycles. The molecule has 150 valence electrons. The molecular formula is C22H21F3N4. The van der Waals surface area contributed by atoms with Gasteiger partial charge in [0.15, 0.2) is 5.82 Å². The fourth-order valence-electron chi connectivity index (χ4n) is 3.59. The van der Waals surface area contributed by atoms with Crippen LogP contribution in [0, 0.1) is 0 Å². The Kier molecular flexibility index (Phi) is 5.47. The number of pyridine rings is 1. The van der Waals surface area contributed by atoms with Gasteiger partial charge >= 0.3 is 6.18 Å². The Morgan fingerprint density at radius 2 is 1.69 bits per heavy atom. The quantitative estimate of drug-likeness (QED) is 0.588. The van der Waals surface area contributed by atoms with Gasteiger partial charge in [-0.3, -0.25) is 4.98 Å². The lowest BCUT2D eigenvalue weighted by Gasteiger charge is -2.23. The zero-order chi connectivity index (χ0) is 20.3. The third-order valence-corrected chi connectivity index (χ3v) is 5.06. The maximum Gasteiger partial charge on any atom is 0.416 e. The Morgan fingerprint density at radius 3 is 2.41 bits per heavy atom. The SMILES string of the molecule is FC(F)(F)c1cccc(-c2cc(NC3CCCCC3)nc(-c3ccccn3)n2)c1. The van der Waals surface area contributed by atoms with Crippen molar-refractivity contribution in [1.29, 1.82) is 0 Å².